The van der Waals surface area contributed by atoms with Crippen molar-refractivity contribution in [3.8, 4) is 0 Å². The number of aromatic nitrogens is 2. The molecule has 0 fully saturated rings. The zero-order chi connectivity index (χ0) is 12.6. The van der Waals surface area contributed by atoms with Gasteiger partial charge in [-0.15, -0.1) is 0 Å². The average molecular weight is 244 g/mol. The van der Waals surface area contributed by atoms with E-state index in [0.29, 0.717) is 0 Å². The Balaban J connectivity index is 2.62. The fraction of sp³-hybridized carbons (Fsp3) is 0.200. The van der Waals surface area contributed by atoms with Crippen molar-refractivity contribution >= 4 is 11.5 Å². The van der Waals surface area contributed by atoms with Gasteiger partial charge in [0.15, 0.2) is 0 Å². The topological polar surface area (TPSA) is 43.6 Å². The van der Waals surface area contributed by atoms with Gasteiger partial charge in [0.05, 0.1) is 24.4 Å². The van der Waals surface area contributed by atoms with Gasteiger partial charge in [0.1, 0.15) is 5.56 Å². The van der Waals surface area contributed by atoms with Crippen LogP contribution in [-0.2, 0) is 10.9 Å². The summed E-state index contributed by atoms with van der Waals surface area (Å²) in [7, 11) is 1.15. The molecule has 0 bridgehead atoms. The number of carbonyl (C=O) groups is 1. The third-order valence-corrected chi connectivity index (χ3v) is 2.25. The zero-order valence-corrected chi connectivity index (χ0v) is 8.65. The van der Waals surface area contributed by atoms with E-state index in [1.54, 1.807) is 0 Å². The van der Waals surface area contributed by atoms with Crippen molar-refractivity contribution in [2.24, 2.45) is 0 Å². The number of hydrogen-bond donors (Lipinski definition) is 0. The number of fused-ring (bicyclic) bond motifs is 1. The molecule has 0 N–H and O–H groups in total. The van der Waals surface area contributed by atoms with Crippen LogP contribution < -0.4 is 0 Å². The molecule has 0 saturated carbocycles. The van der Waals surface area contributed by atoms with Gasteiger partial charge in [0.25, 0.3) is 0 Å². The Bertz CT molecular complexity index is 574. The number of hydrogen-bond acceptors (Lipinski definition) is 3. The molecule has 0 aliphatic heterocycles. The second kappa shape index (κ2) is 3.76. The molecule has 0 aliphatic rings. The van der Waals surface area contributed by atoms with E-state index in [9.17, 15) is 18.0 Å². The van der Waals surface area contributed by atoms with E-state index in [-0.39, 0.29) is 11.1 Å². The zero-order valence-electron chi connectivity index (χ0n) is 8.65. The van der Waals surface area contributed by atoms with Crippen molar-refractivity contribution in [2.75, 3.05) is 7.11 Å². The molecule has 0 spiro atoms. The van der Waals surface area contributed by atoms with Gasteiger partial charge >= 0.3 is 12.1 Å². The highest BCUT2D eigenvalue weighted by molar-refractivity contribution is 5.96. The molecular formula is C10H7F3N2O2. The molecule has 7 heteroatoms. The number of rotatable bonds is 1. The third kappa shape index (κ3) is 1.95. The van der Waals surface area contributed by atoms with Crippen molar-refractivity contribution in [3.05, 3.63) is 35.7 Å². The van der Waals surface area contributed by atoms with Gasteiger partial charge in [-0.3, -0.25) is 0 Å². The van der Waals surface area contributed by atoms with Crippen molar-refractivity contribution in [3.63, 3.8) is 0 Å². The SMILES string of the molecule is COC(=O)c1cnn2ccc(C(F)(F)F)cc12. The summed E-state index contributed by atoms with van der Waals surface area (Å²) in [6, 6.07) is 1.75. The standard InChI is InChI=1S/C10H7F3N2O2/c1-17-9(16)7-5-14-15-3-2-6(4-8(7)15)10(11,12)13/h2-5H,1H3. The third-order valence-electron chi connectivity index (χ3n) is 2.25. The van der Waals surface area contributed by atoms with Crippen molar-refractivity contribution in [1.82, 2.24) is 9.61 Å². The molecule has 0 aromatic carbocycles. The van der Waals surface area contributed by atoms with Crippen molar-refractivity contribution in [2.45, 2.75) is 6.18 Å². The van der Waals surface area contributed by atoms with Crippen LogP contribution in [0.3, 0.4) is 0 Å². The Morgan fingerprint density at radius 1 is 1.47 bits per heavy atom. The fourth-order valence-electron chi connectivity index (χ4n) is 1.42. The minimum absolute atomic E-state index is 0.00130. The lowest BCUT2D eigenvalue weighted by Gasteiger charge is -2.06. The Kier molecular flexibility index (Phi) is 2.53. The maximum Gasteiger partial charge on any atom is 0.416 e. The van der Waals surface area contributed by atoms with Crippen LogP contribution in [0, 0.1) is 0 Å². The summed E-state index contributed by atoms with van der Waals surface area (Å²) >= 11 is 0. The molecule has 2 rings (SSSR count). The summed E-state index contributed by atoms with van der Waals surface area (Å²) in [6.45, 7) is 0. The van der Waals surface area contributed by atoms with Crippen molar-refractivity contribution < 1.29 is 22.7 Å². The number of esters is 1. The second-order valence-electron chi connectivity index (χ2n) is 3.29. The van der Waals surface area contributed by atoms with Crippen LogP contribution in [0.4, 0.5) is 13.2 Å². The van der Waals surface area contributed by atoms with Crippen LogP contribution in [0.5, 0.6) is 0 Å². The lowest BCUT2D eigenvalue weighted by atomic mass is 10.2. The first-order chi connectivity index (χ1) is 7.93. The van der Waals surface area contributed by atoms with Crippen LogP contribution in [-0.4, -0.2) is 22.7 Å². The second-order valence-corrected chi connectivity index (χ2v) is 3.29. The van der Waals surface area contributed by atoms with Gasteiger partial charge in [-0.25, -0.2) is 9.31 Å². The van der Waals surface area contributed by atoms with Gasteiger partial charge in [-0.1, -0.05) is 0 Å². The Morgan fingerprint density at radius 2 is 2.18 bits per heavy atom. The molecular weight excluding hydrogens is 237 g/mol. The van der Waals surface area contributed by atoms with Gasteiger partial charge in [0, 0.05) is 6.20 Å². The molecule has 4 nitrogen and oxygen atoms in total. The summed E-state index contributed by atoms with van der Waals surface area (Å²) in [5.41, 5.74) is -0.777. The maximum atomic E-state index is 12.5. The Labute approximate surface area is 93.6 Å². The highest BCUT2D eigenvalue weighted by Crippen LogP contribution is 2.30. The van der Waals surface area contributed by atoms with Crippen molar-refractivity contribution in [1.29, 1.82) is 0 Å². The lowest BCUT2D eigenvalue weighted by Crippen LogP contribution is -2.06. The van der Waals surface area contributed by atoms with Crippen LogP contribution >= 0.6 is 0 Å². The van der Waals surface area contributed by atoms with Gasteiger partial charge in [-0.05, 0) is 12.1 Å². The number of alkyl halides is 3. The van der Waals surface area contributed by atoms with Gasteiger partial charge in [-0.2, -0.15) is 18.3 Å². The lowest BCUT2D eigenvalue weighted by molar-refractivity contribution is -0.137. The van der Waals surface area contributed by atoms with Crippen LogP contribution in [0.2, 0.25) is 0 Å². The first-order valence-corrected chi connectivity index (χ1v) is 4.56. The average Bonchev–Trinajstić information content (AvgIpc) is 2.69. The van der Waals surface area contributed by atoms with Crippen LogP contribution in [0.25, 0.3) is 5.52 Å². The molecule has 0 saturated heterocycles. The highest BCUT2D eigenvalue weighted by Gasteiger charge is 2.31. The first-order valence-electron chi connectivity index (χ1n) is 4.56. The van der Waals surface area contributed by atoms with E-state index < -0.39 is 17.7 Å². The number of nitrogens with zero attached hydrogens (tertiary/aromatic N) is 2. The number of methoxy groups -OCH3 is 1. The molecule has 2 aromatic heterocycles. The summed E-state index contributed by atoms with van der Waals surface area (Å²) < 4.78 is 43.1. The number of pyridine rings is 1. The Hall–Kier alpha value is -2.05. The molecule has 2 aromatic rings. The summed E-state index contributed by atoms with van der Waals surface area (Å²) in [6.07, 6.45) is -2.15. The number of carbonyl (C=O) groups excluding carboxylic acids is 1. The van der Waals surface area contributed by atoms with Crippen LogP contribution in [0.1, 0.15) is 15.9 Å². The maximum absolute atomic E-state index is 12.5. The molecule has 0 aliphatic carbocycles. The molecule has 17 heavy (non-hydrogen) atoms. The van der Waals surface area contributed by atoms with E-state index >= 15 is 0 Å². The molecule has 2 heterocycles. The van der Waals surface area contributed by atoms with E-state index in [1.165, 1.54) is 10.7 Å². The summed E-state index contributed by atoms with van der Waals surface area (Å²) in [5.74, 6) is -0.723. The molecule has 0 unspecified atom stereocenters. The van der Waals surface area contributed by atoms with E-state index in [1.807, 2.05) is 0 Å². The monoisotopic (exact) mass is 244 g/mol. The normalized spacial score (nSPS) is 11.8. The summed E-state index contributed by atoms with van der Waals surface area (Å²) in [4.78, 5) is 11.3. The predicted molar refractivity (Wildman–Crippen MR) is 51.5 cm³/mol. The molecule has 0 atom stereocenters. The molecule has 0 radical (unpaired) electrons. The minimum atomic E-state index is -4.46. The number of halogens is 3. The predicted octanol–water partition coefficient (Wildman–Crippen LogP) is 2.14. The minimum Gasteiger partial charge on any atom is -0.465 e. The highest BCUT2D eigenvalue weighted by atomic mass is 19.4. The smallest absolute Gasteiger partial charge is 0.416 e. The number of ether oxygens (including phenoxy) is 1. The van der Waals surface area contributed by atoms with E-state index in [2.05, 4.69) is 9.84 Å². The summed E-state index contributed by atoms with van der Waals surface area (Å²) in [5, 5.41) is 3.76. The Morgan fingerprint density at radius 3 is 2.76 bits per heavy atom. The van der Waals surface area contributed by atoms with E-state index in [4.69, 9.17) is 0 Å². The quantitative estimate of drug-likeness (QED) is 0.722. The van der Waals surface area contributed by atoms with Gasteiger partial charge < -0.3 is 4.74 Å². The largest absolute Gasteiger partial charge is 0.465 e. The van der Waals surface area contributed by atoms with E-state index in [0.717, 1.165) is 25.4 Å². The molecule has 0 amide bonds. The fourth-order valence-corrected chi connectivity index (χ4v) is 1.42. The van der Waals surface area contributed by atoms with Gasteiger partial charge in [0.2, 0.25) is 0 Å². The molecule has 90 valence electrons. The van der Waals surface area contributed by atoms with Crippen LogP contribution in [0.15, 0.2) is 24.5 Å². The first kappa shape index (κ1) is 11.4.